The summed E-state index contributed by atoms with van der Waals surface area (Å²) in [6, 6.07) is 17.8. The van der Waals surface area contributed by atoms with Gasteiger partial charge in [-0.3, -0.25) is 4.79 Å². The second-order valence-electron chi connectivity index (χ2n) is 10.8. The Morgan fingerprint density at radius 3 is 2.58 bits per heavy atom. The molecule has 0 spiro atoms. The predicted octanol–water partition coefficient (Wildman–Crippen LogP) is 5.58. The van der Waals surface area contributed by atoms with Crippen LogP contribution in [0, 0.1) is 6.92 Å². The Labute approximate surface area is 261 Å². The number of anilines is 1. The van der Waals surface area contributed by atoms with Crippen molar-refractivity contribution >= 4 is 50.1 Å². The number of sulfonamides is 1. The number of pyridine rings is 1. The third-order valence-corrected chi connectivity index (χ3v) is 10.2. The number of benzene rings is 3. The minimum Gasteiger partial charge on any atom is -0.454 e. The van der Waals surface area contributed by atoms with E-state index < -0.39 is 28.5 Å². The number of esters is 1. The van der Waals surface area contributed by atoms with Crippen LogP contribution in [0.25, 0.3) is 22.6 Å². The monoisotopic (exact) mass is 627 g/mol. The van der Waals surface area contributed by atoms with Gasteiger partial charge in [0.15, 0.2) is 18.1 Å². The van der Waals surface area contributed by atoms with Gasteiger partial charge in [0.1, 0.15) is 0 Å². The number of ether oxygens (including phenoxy) is 3. The zero-order valence-corrected chi connectivity index (χ0v) is 26.1. The number of allylic oxidation sites excluding steroid dienone is 1. The molecule has 3 aromatic carbocycles. The van der Waals surface area contributed by atoms with Gasteiger partial charge in [0.2, 0.25) is 16.8 Å². The third kappa shape index (κ3) is 5.88. The summed E-state index contributed by atoms with van der Waals surface area (Å²) in [4.78, 5) is 31.5. The fourth-order valence-electron chi connectivity index (χ4n) is 5.77. The van der Waals surface area contributed by atoms with Crippen molar-refractivity contribution in [1.29, 1.82) is 0 Å². The second kappa shape index (κ2) is 12.3. The van der Waals surface area contributed by atoms with Gasteiger partial charge in [-0.1, -0.05) is 44.2 Å². The molecule has 1 aliphatic heterocycles. The van der Waals surface area contributed by atoms with Crippen LogP contribution in [0.2, 0.25) is 0 Å². The molecule has 0 fully saturated rings. The summed E-state index contributed by atoms with van der Waals surface area (Å²) in [7, 11) is -3.73. The molecule has 2 aliphatic rings. The van der Waals surface area contributed by atoms with Crippen molar-refractivity contribution < 1.29 is 32.2 Å². The van der Waals surface area contributed by atoms with Gasteiger partial charge in [-0.2, -0.15) is 4.31 Å². The fraction of sp³-hybridized carbons (Fsp3) is 0.265. The van der Waals surface area contributed by atoms with Crippen LogP contribution in [0.1, 0.15) is 53.0 Å². The molecule has 10 nitrogen and oxygen atoms in total. The summed E-state index contributed by atoms with van der Waals surface area (Å²) in [6.07, 6.45) is 3.31. The number of aryl methyl sites for hydroxylation is 1. The largest absolute Gasteiger partial charge is 0.454 e. The molecule has 11 heteroatoms. The molecule has 0 saturated heterocycles. The molecule has 1 amide bonds. The maximum atomic E-state index is 13.6. The number of aromatic nitrogens is 1. The van der Waals surface area contributed by atoms with E-state index in [1.165, 1.54) is 10.4 Å². The van der Waals surface area contributed by atoms with E-state index in [1.807, 2.05) is 48.5 Å². The number of hydrogen-bond donors (Lipinski definition) is 1. The lowest BCUT2D eigenvalue weighted by Crippen LogP contribution is -2.31. The van der Waals surface area contributed by atoms with Gasteiger partial charge < -0.3 is 19.5 Å². The van der Waals surface area contributed by atoms with Crippen molar-refractivity contribution in [2.24, 2.45) is 0 Å². The number of fused-ring (bicyclic) bond motifs is 3. The van der Waals surface area contributed by atoms with Crippen LogP contribution in [0.4, 0.5) is 5.69 Å². The fourth-order valence-corrected chi connectivity index (χ4v) is 7.48. The molecule has 1 aliphatic carbocycles. The highest BCUT2D eigenvalue weighted by Gasteiger charge is 2.29. The molecule has 4 aromatic rings. The molecule has 232 valence electrons. The summed E-state index contributed by atoms with van der Waals surface area (Å²) in [5.74, 6) is 0.174. The lowest BCUT2D eigenvalue weighted by atomic mass is 10.0. The first-order valence-electron chi connectivity index (χ1n) is 14.8. The van der Waals surface area contributed by atoms with Crippen molar-refractivity contribution in [3.63, 3.8) is 0 Å². The Kier molecular flexibility index (Phi) is 8.30. The van der Waals surface area contributed by atoms with Gasteiger partial charge in [0, 0.05) is 24.2 Å². The number of nitrogens with zero attached hydrogens (tertiary/aromatic N) is 2. The first kappa shape index (κ1) is 30.3. The highest BCUT2D eigenvalue weighted by molar-refractivity contribution is 7.89. The summed E-state index contributed by atoms with van der Waals surface area (Å²) < 4.78 is 44.1. The minimum absolute atomic E-state index is 0.115. The maximum absolute atomic E-state index is 13.6. The van der Waals surface area contributed by atoms with E-state index in [-0.39, 0.29) is 11.7 Å². The topological polar surface area (TPSA) is 124 Å². The molecule has 0 radical (unpaired) electrons. The first-order valence-corrected chi connectivity index (χ1v) is 16.2. The normalized spacial score (nSPS) is 14.6. The van der Waals surface area contributed by atoms with E-state index in [0.717, 1.165) is 22.4 Å². The zero-order chi connectivity index (χ0) is 31.7. The van der Waals surface area contributed by atoms with Crippen LogP contribution in [0.15, 0.2) is 65.6 Å². The van der Waals surface area contributed by atoms with Crippen LogP contribution in [-0.2, 0) is 26.0 Å². The SMILES string of the molecule is CCN(CC)S(=O)(=O)c1cc(NC(=O)COC(=O)c2c3c(nc4ccccc24)/C(=C\c2ccc4c(c2)OCO4)CC3)ccc1C. The Morgan fingerprint density at radius 2 is 1.78 bits per heavy atom. The molecule has 0 atom stereocenters. The number of nitrogens with one attached hydrogen (secondary N) is 1. The van der Waals surface area contributed by atoms with Crippen molar-refractivity contribution in [3.8, 4) is 11.5 Å². The standard InChI is InChI=1S/C34H33N3O7S/c1-4-37(5-2)45(40,41)30-18-24(13-10-21(30)3)35-31(38)19-42-34(39)32-25-8-6-7-9-27(25)36-33-23(12-14-26(32)33)16-22-11-15-28-29(17-22)44-20-43-28/h6-11,13,15-18H,4-5,12,14,19-20H2,1-3H3,(H,35,38)/b23-16-. The van der Waals surface area contributed by atoms with Crippen molar-refractivity contribution in [2.45, 2.75) is 38.5 Å². The van der Waals surface area contributed by atoms with Crippen molar-refractivity contribution in [2.75, 3.05) is 31.8 Å². The summed E-state index contributed by atoms with van der Waals surface area (Å²) in [5, 5.41) is 3.31. The van der Waals surface area contributed by atoms with Crippen LogP contribution in [0.3, 0.4) is 0 Å². The van der Waals surface area contributed by atoms with E-state index in [2.05, 4.69) is 5.32 Å². The smallest absolute Gasteiger partial charge is 0.339 e. The molecule has 2 heterocycles. The van der Waals surface area contributed by atoms with Crippen molar-refractivity contribution in [3.05, 3.63) is 88.6 Å². The molecule has 0 unspecified atom stereocenters. The number of amides is 1. The number of carbonyl (C=O) groups is 2. The van der Waals surface area contributed by atoms with Crippen LogP contribution in [-0.4, -0.2) is 56.1 Å². The molecular formula is C34H33N3O7S. The molecule has 0 saturated carbocycles. The maximum Gasteiger partial charge on any atom is 0.339 e. The summed E-state index contributed by atoms with van der Waals surface area (Å²) in [6.45, 7) is 5.55. The van der Waals surface area contributed by atoms with Crippen molar-refractivity contribution in [1.82, 2.24) is 9.29 Å². The molecule has 1 N–H and O–H groups in total. The van der Waals surface area contributed by atoms with E-state index in [9.17, 15) is 18.0 Å². The third-order valence-electron chi connectivity index (χ3n) is 8.01. The highest BCUT2D eigenvalue weighted by Crippen LogP contribution is 2.39. The van der Waals surface area contributed by atoms with Gasteiger partial charge in [0.05, 0.1) is 21.7 Å². The highest BCUT2D eigenvalue weighted by atomic mass is 32.2. The van der Waals surface area contributed by atoms with E-state index in [4.69, 9.17) is 19.2 Å². The molecular weight excluding hydrogens is 594 g/mol. The van der Waals surface area contributed by atoms with Gasteiger partial charge in [-0.05, 0) is 78.4 Å². The van der Waals surface area contributed by atoms with Crippen LogP contribution >= 0.6 is 0 Å². The van der Waals surface area contributed by atoms with Gasteiger partial charge in [-0.15, -0.1) is 0 Å². The van der Waals surface area contributed by atoms with Gasteiger partial charge >= 0.3 is 5.97 Å². The lowest BCUT2D eigenvalue weighted by Gasteiger charge is -2.20. The molecule has 0 bridgehead atoms. The number of para-hydroxylation sites is 1. The van der Waals surface area contributed by atoms with E-state index >= 15 is 0 Å². The molecule has 45 heavy (non-hydrogen) atoms. The van der Waals surface area contributed by atoms with Gasteiger partial charge in [-0.25, -0.2) is 18.2 Å². The van der Waals surface area contributed by atoms with Crippen LogP contribution < -0.4 is 14.8 Å². The quantitative estimate of drug-likeness (QED) is 0.239. The Bertz CT molecular complexity index is 1970. The van der Waals surface area contributed by atoms with Crippen LogP contribution in [0.5, 0.6) is 11.5 Å². The lowest BCUT2D eigenvalue weighted by molar-refractivity contribution is -0.119. The second-order valence-corrected chi connectivity index (χ2v) is 12.7. The van der Waals surface area contributed by atoms with E-state index in [1.54, 1.807) is 32.9 Å². The average molecular weight is 628 g/mol. The summed E-state index contributed by atoms with van der Waals surface area (Å²) in [5.41, 5.74) is 5.31. The summed E-state index contributed by atoms with van der Waals surface area (Å²) >= 11 is 0. The Morgan fingerprint density at radius 1 is 1.00 bits per heavy atom. The number of rotatable bonds is 9. The van der Waals surface area contributed by atoms with E-state index in [0.29, 0.717) is 65.1 Å². The van der Waals surface area contributed by atoms with Gasteiger partial charge in [0.25, 0.3) is 5.91 Å². The first-order chi connectivity index (χ1) is 21.7. The predicted molar refractivity (Wildman–Crippen MR) is 171 cm³/mol. The molecule has 6 rings (SSSR count). The Hall–Kier alpha value is -4.74. The minimum atomic E-state index is -3.73. The average Bonchev–Trinajstić information content (AvgIpc) is 3.66. The zero-order valence-electron chi connectivity index (χ0n) is 25.3. The number of hydrogen-bond acceptors (Lipinski definition) is 8. The molecule has 1 aromatic heterocycles. The number of carbonyl (C=O) groups excluding carboxylic acids is 2. The Balaban J connectivity index is 1.23.